The number of aryl methyl sites for hydroxylation is 1. The first kappa shape index (κ1) is 39.5. The number of carbonyl (C=O) groups excluding carboxylic acids is 4. The van der Waals surface area contributed by atoms with E-state index >= 15 is 9.59 Å². The molecule has 2 heterocycles. The highest BCUT2D eigenvalue weighted by molar-refractivity contribution is 6.22. The van der Waals surface area contributed by atoms with Crippen LogP contribution in [0.1, 0.15) is 35.4 Å². The highest BCUT2D eigenvalue weighted by Crippen LogP contribution is 2.65. The van der Waals surface area contributed by atoms with E-state index in [-0.39, 0.29) is 37.9 Å². The Bertz CT molecular complexity index is 2560. The molecule has 2 N–H and O–H groups in total. The summed E-state index contributed by atoms with van der Waals surface area (Å²) >= 11 is 0. The second-order valence-corrected chi connectivity index (χ2v) is 16.3. The Kier molecular flexibility index (Phi) is 10.3. The molecule has 2 aliphatic carbocycles. The fourth-order valence-electron chi connectivity index (χ4n) is 9.95. The molecule has 2 saturated heterocycles. The highest BCUT2D eigenvalue weighted by Gasteiger charge is 2.70. The van der Waals surface area contributed by atoms with Crippen molar-refractivity contribution in [1.82, 2.24) is 5.01 Å². The second kappa shape index (κ2) is 15.9. The van der Waals surface area contributed by atoms with Gasteiger partial charge in [0.15, 0.2) is 0 Å². The largest absolute Gasteiger partial charge is 0.491 e. The molecular formula is C49H46N6O6. The Labute approximate surface area is 354 Å². The smallest absolute Gasteiger partial charge is 0.260 e. The molecule has 9 rings (SSSR count). The third-order valence-corrected chi connectivity index (χ3v) is 12.7. The van der Waals surface area contributed by atoms with Gasteiger partial charge >= 0.3 is 0 Å². The van der Waals surface area contributed by atoms with Gasteiger partial charge in [-0.1, -0.05) is 77.9 Å². The summed E-state index contributed by atoms with van der Waals surface area (Å²) < 4.78 is 6.16. The molecule has 12 heteroatoms. The maximum absolute atomic E-state index is 15.5. The van der Waals surface area contributed by atoms with Gasteiger partial charge in [0.05, 0.1) is 52.5 Å². The van der Waals surface area contributed by atoms with Crippen molar-refractivity contribution in [3.05, 3.63) is 156 Å². The number of aliphatic hydroxyl groups excluding tert-OH is 1. The summed E-state index contributed by atoms with van der Waals surface area (Å²) in [5.74, 6) is -4.70. The van der Waals surface area contributed by atoms with Crippen LogP contribution in [-0.2, 0) is 24.6 Å². The maximum Gasteiger partial charge on any atom is 0.260 e. The first-order valence-corrected chi connectivity index (χ1v) is 20.6. The van der Waals surface area contributed by atoms with Gasteiger partial charge in [-0.05, 0) is 98.0 Å². The maximum atomic E-state index is 15.5. The number of benzene rings is 5. The van der Waals surface area contributed by atoms with Crippen LogP contribution in [0.25, 0.3) is 0 Å². The van der Waals surface area contributed by atoms with E-state index in [0.29, 0.717) is 39.6 Å². The lowest BCUT2D eigenvalue weighted by atomic mass is 9.49. The van der Waals surface area contributed by atoms with Gasteiger partial charge in [0.2, 0.25) is 11.8 Å². The van der Waals surface area contributed by atoms with Crippen molar-refractivity contribution in [2.75, 3.05) is 42.5 Å². The van der Waals surface area contributed by atoms with Gasteiger partial charge in [-0.25, -0.2) is 0 Å². The number of azo groups is 1. The number of nitrogens with zero attached hydrogens (tertiary/aromatic N) is 5. The molecule has 2 aliphatic heterocycles. The van der Waals surface area contributed by atoms with Crippen molar-refractivity contribution >= 4 is 52.1 Å². The zero-order chi connectivity index (χ0) is 42.4. The van der Waals surface area contributed by atoms with Crippen LogP contribution in [0.5, 0.6) is 5.75 Å². The van der Waals surface area contributed by atoms with Gasteiger partial charge in [0.1, 0.15) is 12.4 Å². The Balaban J connectivity index is 1.11. The number of fused-ring (bicyclic) bond motifs is 4. The third-order valence-electron chi connectivity index (χ3n) is 12.7. The summed E-state index contributed by atoms with van der Waals surface area (Å²) in [7, 11) is 3.93. The van der Waals surface area contributed by atoms with Crippen molar-refractivity contribution in [2.24, 2.45) is 33.9 Å². The van der Waals surface area contributed by atoms with Crippen molar-refractivity contribution in [2.45, 2.75) is 31.1 Å². The van der Waals surface area contributed by atoms with Gasteiger partial charge in [-0.2, -0.15) is 15.2 Å². The van der Waals surface area contributed by atoms with Crippen molar-refractivity contribution < 1.29 is 29.0 Å². The summed E-state index contributed by atoms with van der Waals surface area (Å²) in [5, 5.41) is 19.7. The van der Waals surface area contributed by atoms with Crippen LogP contribution in [0, 0.1) is 30.6 Å². The quantitative estimate of drug-likeness (QED) is 0.0775. The predicted molar refractivity (Wildman–Crippen MR) is 232 cm³/mol. The fourth-order valence-corrected chi connectivity index (χ4v) is 9.95. The van der Waals surface area contributed by atoms with Gasteiger partial charge in [-0.15, -0.1) is 0 Å². The molecule has 3 fully saturated rings. The highest BCUT2D eigenvalue weighted by atomic mass is 16.5. The minimum absolute atomic E-state index is 0.0125. The van der Waals surface area contributed by atoms with Crippen LogP contribution in [0.4, 0.5) is 28.4 Å². The summed E-state index contributed by atoms with van der Waals surface area (Å²) in [5.41, 5.74) is 8.15. The molecule has 5 aromatic carbocycles. The van der Waals surface area contributed by atoms with Crippen LogP contribution >= 0.6 is 0 Å². The number of imide groups is 2. The van der Waals surface area contributed by atoms with Crippen LogP contribution in [-0.4, -0.2) is 61.1 Å². The first-order chi connectivity index (χ1) is 29.6. The topological polar surface area (TPSA) is 144 Å². The number of anilines is 3. The van der Waals surface area contributed by atoms with E-state index < -0.39 is 46.8 Å². The van der Waals surface area contributed by atoms with Crippen LogP contribution in [0.15, 0.2) is 149 Å². The summed E-state index contributed by atoms with van der Waals surface area (Å²) in [6, 6.07) is 38.8. The summed E-state index contributed by atoms with van der Waals surface area (Å²) in [4.78, 5) is 63.0. The molecule has 6 unspecified atom stereocenters. The number of rotatable bonds is 11. The molecular weight excluding hydrogens is 769 g/mol. The third kappa shape index (κ3) is 6.67. The van der Waals surface area contributed by atoms with Crippen LogP contribution < -0.4 is 20.0 Å². The van der Waals surface area contributed by atoms with E-state index in [4.69, 9.17) is 4.74 Å². The minimum Gasteiger partial charge on any atom is -0.491 e. The Morgan fingerprint density at radius 1 is 0.770 bits per heavy atom. The molecule has 0 spiro atoms. The number of aliphatic hydroxyl groups is 1. The molecule has 5 aromatic rings. The number of para-hydroxylation sites is 1. The van der Waals surface area contributed by atoms with E-state index in [9.17, 15) is 14.7 Å². The molecule has 0 aromatic heterocycles. The van der Waals surface area contributed by atoms with Gasteiger partial charge < -0.3 is 14.7 Å². The van der Waals surface area contributed by atoms with E-state index in [1.54, 1.807) is 30.3 Å². The predicted octanol–water partition coefficient (Wildman–Crippen LogP) is 8.04. The van der Waals surface area contributed by atoms with Crippen molar-refractivity contribution in [1.29, 1.82) is 0 Å². The zero-order valence-corrected chi connectivity index (χ0v) is 34.1. The zero-order valence-electron chi connectivity index (χ0n) is 34.1. The molecule has 12 nitrogen and oxygen atoms in total. The number of hydrogen-bond acceptors (Lipinski definition) is 10. The van der Waals surface area contributed by atoms with E-state index in [1.807, 2.05) is 129 Å². The van der Waals surface area contributed by atoms with Crippen LogP contribution in [0.2, 0.25) is 0 Å². The molecule has 308 valence electrons. The lowest BCUT2D eigenvalue weighted by Crippen LogP contribution is -2.53. The molecule has 0 bridgehead atoms. The average molecular weight is 815 g/mol. The van der Waals surface area contributed by atoms with Gasteiger partial charge in [-0.3, -0.25) is 29.5 Å². The molecule has 6 atom stereocenters. The lowest BCUT2D eigenvalue weighted by molar-refractivity contribution is -0.138. The summed E-state index contributed by atoms with van der Waals surface area (Å²) in [6.07, 6.45) is 2.46. The molecule has 4 aliphatic rings. The number of ether oxygens (including phenoxy) is 1. The first-order valence-electron chi connectivity index (χ1n) is 20.6. The van der Waals surface area contributed by atoms with Gasteiger partial charge in [0, 0.05) is 31.3 Å². The Morgan fingerprint density at radius 2 is 1.43 bits per heavy atom. The number of amides is 4. The average Bonchev–Trinajstić information content (AvgIpc) is 3.66. The molecule has 4 amide bonds. The molecule has 1 saturated carbocycles. The Hall–Kier alpha value is -6.92. The molecule has 61 heavy (non-hydrogen) atoms. The number of allylic oxidation sites excluding steroid dienone is 2. The van der Waals surface area contributed by atoms with E-state index in [1.165, 1.54) is 4.90 Å². The number of hydrogen-bond donors (Lipinski definition) is 2. The second-order valence-electron chi connectivity index (χ2n) is 16.3. The van der Waals surface area contributed by atoms with E-state index in [0.717, 1.165) is 21.8 Å². The van der Waals surface area contributed by atoms with E-state index in [2.05, 4.69) is 15.7 Å². The number of carbonyl (C=O) groups is 4. The van der Waals surface area contributed by atoms with Crippen molar-refractivity contribution in [3.8, 4) is 5.75 Å². The summed E-state index contributed by atoms with van der Waals surface area (Å²) in [6.45, 7) is 1.75. The van der Waals surface area contributed by atoms with Crippen molar-refractivity contribution in [3.63, 3.8) is 0 Å². The lowest BCUT2D eigenvalue weighted by Gasteiger charge is -2.50. The molecule has 0 radical (unpaired) electrons. The van der Waals surface area contributed by atoms with Gasteiger partial charge in [0.25, 0.3) is 11.8 Å². The normalized spacial score (nSPS) is 24.4. The SMILES string of the molecule is Cc1ccc(NN2C(=O)C3CC4C(=CCC5C(=O)N(c6ccc(N=Nc7ccc(N(C)C)cc7)cc6)C(=O)C54)C(c4ccccc4OCCO)C3(c3ccccc3)C2=O)cc1. The standard InChI is InChI=1S/C49H46N6O6/c1-30-13-15-34(16-14-30)52-55-46(58)41-29-40-37(44(38-11-7-8-12-42(38)61-28-27-56)49(41,48(55)60)31-9-5-4-6-10-31)25-26-39-43(40)47(59)54(45(39)57)36-23-19-33(20-24-36)51-50-32-17-21-35(22-18-32)53(2)3/h4-25,39-41,43-44,52,56H,26-29H2,1-3H3. The minimum atomic E-state index is -1.45. The van der Waals surface area contributed by atoms with Crippen LogP contribution in [0.3, 0.4) is 0 Å². The monoisotopic (exact) mass is 814 g/mol. The fraction of sp³-hybridized carbons (Fsp3) is 0.265. The number of hydrazine groups is 1. The number of nitrogens with one attached hydrogen (secondary N) is 1. The Morgan fingerprint density at radius 3 is 2.10 bits per heavy atom.